The molecular weight excluding hydrogens is 312 g/mol. The molecule has 2 aromatic rings. The molecule has 0 bridgehead atoms. The molecule has 1 aromatic heterocycles. The Bertz CT molecular complexity index is 711. The van der Waals surface area contributed by atoms with Gasteiger partial charge in [-0.05, 0) is 38.1 Å². The topological polar surface area (TPSA) is 61.3 Å². The molecule has 4 rings (SSSR count). The van der Waals surface area contributed by atoms with Crippen molar-refractivity contribution in [3.8, 4) is 11.4 Å². The van der Waals surface area contributed by atoms with Crippen LogP contribution in [-0.4, -0.2) is 41.3 Å². The van der Waals surface area contributed by atoms with E-state index in [1.54, 1.807) is 0 Å². The summed E-state index contributed by atoms with van der Waals surface area (Å²) in [5.41, 5.74) is 3.54. The van der Waals surface area contributed by atoms with Gasteiger partial charge in [-0.1, -0.05) is 30.3 Å². The van der Waals surface area contributed by atoms with Crippen LogP contribution in [0.2, 0.25) is 0 Å². The van der Waals surface area contributed by atoms with Gasteiger partial charge in [-0.3, -0.25) is 0 Å². The molecule has 0 radical (unpaired) electrons. The number of hydrogen-bond donors (Lipinski definition) is 2. The van der Waals surface area contributed by atoms with Gasteiger partial charge in [-0.2, -0.15) is 0 Å². The predicted molar refractivity (Wildman–Crippen MR) is 99.5 cm³/mol. The second kappa shape index (κ2) is 7.50. The molecule has 3 heterocycles. The fourth-order valence-electron chi connectivity index (χ4n) is 3.93. The molecule has 0 amide bonds. The third-order valence-electron chi connectivity index (χ3n) is 5.40. The molecule has 0 unspecified atom stereocenters. The number of anilines is 1. The lowest BCUT2D eigenvalue weighted by Gasteiger charge is -2.35. The van der Waals surface area contributed by atoms with Crippen LogP contribution in [0.25, 0.3) is 11.4 Å². The molecule has 2 N–H and O–H groups in total. The lowest BCUT2D eigenvalue weighted by Crippen LogP contribution is -2.37. The quantitative estimate of drug-likeness (QED) is 0.896. The first-order valence-electron chi connectivity index (χ1n) is 9.37. The Morgan fingerprint density at radius 1 is 1.12 bits per heavy atom. The fraction of sp³-hybridized carbons (Fsp3) is 0.500. The van der Waals surface area contributed by atoms with Crippen LogP contribution in [0.1, 0.15) is 30.5 Å². The van der Waals surface area contributed by atoms with Crippen LogP contribution in [0, 0.1) is 5.92 Å². The average Bonchev–Trinajstić information content (AvgIpc) is 2.69. The average molecular weight is 338 g/mol. The lowest BCUT2D eigenvalue weighted by molar-refractivity contribution is 0.240. The van der Waals surface area contributed by atoms with Gasteiger partial charge in [0.25, 0.3) is 0 Å². The van der Waals surface area contributed by atoms with E-state index in [2.05, 4.69) is 22.3 Å². The van der Waals surface area contributed by atoms with Crippen molar-refractivity contribution in [2.24, 2.45) is 5.92 Å². The number of aliphatic hydroxyl groups is 1. The largest absolute Gasteiger partial charge is 0.396 e. The summed E-state index contributed by atoms with van der Waals surface area (Å²) < 4.78 is 0. The molecule has 1 fully saturated rings. The summed E-state index contributed by atoms with van der Waals surface area (Å²) in [5, 5.41) is 12.6. The highest BCUT2D eigenvalue weighted by Gasteiger charge is 2.25. The van der Waals surface area contributed by atoms with Crippen LogP contribution in [0.15, 0.2) is 30.3 Å². The molecular formula is C20H26N4O. The standard InChI is InChI=1S/C20H26N4O/c25-13-9-15-7-11-24(12-8-15)20-17-6-10-21-14-18(17)22-19(23-20)16-4-2-1-3-5-16/h1-5,15,21,25H,6-14H2. The van der Waals surface area contributed by atoms with Gasteiger partial charge in [0.2, 0.25) is 0 Å². The summed E-state index contributed by atoms with van der Waals surface area (Å²) in [5.74, 6) is 2.61. The number of benzene rings is 1. The van der Waals surface area contributed by atoms with E-state index < -0.39 is 0 Å². The SMILES string of the molecule is OCCC1CCN(c2nc(-c3ccccc3)nc3c2CCNC3)CC1. The van der Waals surface area contributed by atoms with Gasteiger partial charge in [0.15, 0.2) is 5.82 Å². The second-order valence-corrected chi connectivity index (χ2v) is 7.03. The number of piperidine rings is 1. The van der Waals surface area contributed by atoms with Crippen molar-refractivity contribution in [1.29, 1.82) is 0 Å². The Labute approximate surface area is 149 Å². The second-order valence-electron chi connectivity index (χ2n) is 7.03. The molecule has 2 aliphatic rings. The van der Waals surface area contributed by atoms with E-state index in [-0.39, 0.29) is 0 Å². The van der Waals surface area contributed by atoms with E-state index in [4.69, 9.17) is 9.97 Å². The number of fused-ring (bicyclic) bond motifs is 1. The Morgan fingerprint density at radius 2 is 1.92 bits per heavy atom. The monoisotopic (exact) mass is 338 g/mol. The predicted octanol–water partition coefficient (Wildman–Crippen LogP) is 2.39. The zero-order valence-electron chi connectivity index (χ0n) is 14.6. The van der Waals surface area contributed by atoms with E-state index in [1.165, 1.54) is 5.56 Å². The van der Waals surface area contributed by atoms with Crippen molar-refractivity contribution in [2.45, 2.75) is 32.2 Å². The van der Waals surface area contributed by atoms with Crippen LogP contribution in [0.4, 0.5) is 5.82 Å². The van der Waals surface area contributed by atoms with Crippen molar-refractivity contribution in [3.63, 3.8) is 0 Å². The maximum Gasteiger partial charge on any atom is 0.161 e. The van der Waals surface area contributed by atoms with Crippen molar-refractivity contribution in [2.75, 3.05) is 31.1 Å². The van der Waals surface area contributed by atoms with Gasteiger partial charge in [0, 0.05) is 37.4 Å². The molecule has 0 atom stereocenters. The number of nitrogens with one attached hydrogen (secondary N) is 1. The molecule has 1 saturated heterocycles. The highest BCUT2D eigenvalue weighted by atomic mass is 16.3. The van der Waals surface area contributed by atoms with Crippen LogP contribution in [0.5, 0.6) is 0 Å². The number of aliphatic hydroxyl groups excluding tert-OH is 1. The smallest absolute Gasteiger partial charge is 0.161 e. The summed E-state index contributed by atoms with van der Waals surface area (Å²) in [4.78, 5) is 12.3. The van der Waals surface area contributed by atoms with Crippen molar-refractivity contribution < 1.29 is 5.11 Å². The zero-order chi connectivity index (χ0) is 17.1. The first-order chi connectivity index (χ1) is 12.3. The van der Waals surface area contributed by atoms with Crippen molar-refractivity contribution in [1.82, 2.24) is 15.3 Å². The Morgan fingerprint density at radius 3 is 2.68 bits per heavy atom. The lowest BCUT2D eigenvalue weighted by atomic mass is 9.93. The third-order valence-corrected chi connectivity index (χ3v) is 5.40. The summed E-state index contributed by atoms with van der Waals surface area (Å²) in [6, 6.07) is 10.3. The highest BCUT2D eigenvalue weighted by Crippen LogP contribution is 2.31. The molecule has 2 aliphatic heterocycles. The highest BCUT2D eigenvalue weighted by molar-refractivity contribution is 5.61. The molecule has 0 saturated carbocycles. The number of rotatable bonds is 4. The first-order valence-corrected chi connectivity index (χ1v) is 9.37. The first kappa shape index (κ1) is 16.5. The van der Waals surface area contributed by atoms with Gasteiger partial charge >= 0.3 is 0 Å². The number of nitrogens with zero attached hydrogens (tertiary/aromatic N) is 3. The molecule has 132 valence electrons. The molecule has 5 heteroatoms. The van der Waals surface area contributed by atoms with Crippen molar-refractivity contribution >= 4 is 5.82 Å². The van der Waals surface area contributed by atoms with Gasteiger partial charge in [0.05, 0.1) is 5.69 Å². The Kier molecular flexibility index (Phi) is 4.95. The normalized spacial score (nSPS) is 18.2. The Hall–Kier alpha value is -1.98. The molecule has 5 nitrogen and oxygen atoms in total. The maximum absolute atomic E-state index is 9.18. The molecule has 0 spiro atoms. The molecule has 1 aromatic carbocycles. The van der Waals surface area contributed by atoms with Crippen LogP contribution in [-0.2, 0) is 13.0 Å². The summed E-state index contributed by atoms with van der Waals surface area (Å²) in [6.07, 6.45) is 4.20. The van der Waals surface area contributed by atoms with Gasteiger partial charge < -0.3 is 15.3 Å². The minimum Gasteiger partial charge on any atom is -0.396 e. The van der Waals surface area contributed by atoms with Crippen LogP contribution >= 0.6 is 0 Å². The summed E-state index contributed by atoms with van der Waals surface area (Å²) >= 11 is 0. The van der Waals surface area contributed by atoms with Gasteiger partial charge in [0.1, 0.15) is 5.82 Å². The number of hydrogen-bond acceptors (Lipinski definition) is 5. The Balaban J connectivity index is 1.66. The van der Waals surface area contributed by atoms with E-state index in [1.807, 2.05) is 18.2 Å². The maximum atomic E-state index is 9.18. The zero-order valence-corrected chi connectivity index (χ0v) is 14.6. The minimum atomic E-state index is 0.303. The van der Waals surface area contributed by atoms with Gasteiger partial charge in [-0.25, -0.2) is 9.97 Å². The summed E-state index contributed by atoms with van der Waals surface area (Å²) in [6.45, 7) is 4.17. The van der Waals surface area contributed by atoms with Crippen LogP contribution in [0.3, 0.4) is 0 Å². The van der Waals surface area contributed by atoms with E-state index in [9.17, 15) is 5.11 Å². The molecule has 25 heavy (non-hydrogen) atoms. The molecule has 0 aliphatic carbocycles. The van der Waals surface area contributed by atoms with E-state index in [0.717, 1.165) is 74.8 Å². The third kappa shape index (κ3) is 3.53. The van der Waals surface area contributed by atoms with E-state index in [0.29, 0.717) is 12.5 Å². The fourth-order valence-corrected chi connectivity index (χ4v) is 3.93. The number of aromatic nitrogens is 2. The van der Waals surface area contributed by atoms with Crippen molar-refractivity contribution in [3.05, 3.63) is 41.6 Å². The van der Waals surface area contributed by atoms with E-state index >= 15 is 0 Å². The van der Waals surface area contributed by atoms with Gasteiger partial charge in [-0.15, -0.1) is 0 Å². The van der Waals surface area contributed by atoms with Crippen LogP contribution < -0.4 is 10.2 Å². The minimum absolute atomic E-state index is 0.303. The summed E-state index contributed by atoms with van der Waals surface area (Å²) in [7, 11) is 0.